The molecule has 0 atom stereocenters. The number of amides is 3. The zero-order valence-corrected chi connectivity index (χ0v) is 20.8. The first-order valence-corrected chi connectivity index (χ1v) is 11.9. The number of aromatic nitrogens is 1. The molecule has 0 bridgehead atoms. The summed E-state index contributed by atoms with van der Waals surface area (Å²) in [5.74, 6) is -1.01. The number of fused-ring (bicyclic) bond motifs is 1. The number of H-pyrrole nitrogens is 1. The van der Waals surface area contributed by atoms with Gasteiger partial charge in [0.2, 0.25) is 5.91 Å². The number of benzene rings is 3. The minimum Gasteiger partial charge on any atom is -0.366 e. The van der Waals surface area contributed by atoms with E-state index in [1.807, 2.05) is 56.4 Å². The molecule has 0 unspecified atom stereocenters. The molecule has 0 radical (unpaired) electrons. The summed E-state index contributed by atoms with van der Waals surface area (Å²) >= 11 is 0. The van der Waals surface area contributed by atoms with E-state index in [2.05, 4.69) is 27.5 Å². The Bertz CT molecular complexity index is 1520. The number of nitrogens with two attached hydrogens (primary N) is 1. The fourth-order valence-electron chi connectivity index (χ4n) is 4.29. The van der Waals surface area contributed by atoms with Gasteiger partial charge in [0.25, 0.3) is 11.8 Å². The Labute approximate surface area is 215 Å². The summed E-state index contributed by atoms with van der Waals surface area (Å²) in [6.07, 6.45) is 1.22. The molecular formula is C29H29N5O3. The van der Waals surface area contributed by atoms with E-state index in [0.29, 0.717) is 35.4 Å². The maximum Gasteiger partial charge on any atom is 0.251 e. The zero-order chi connectivity index (χ0) is 26.5. The molecular weight excluding hydrogens is 466 g/mol. The molecule has 188 valence electrons. The van der Waals surface area contributed by atoms with Gasteiger partial charge in [-0.1, -0.05) is 36.9 Å². The van der Waals surface area contributed by atoms with Gasteiger partial charge in [-0.3, -0.25) is 14.4 Å². The summed E-state index contributed by atoms with van der Waals surface area (Å²) < 4.78 is 0. The van der Waals surface area contributed by atoms with Gasteiger partial charge in [-0.05, 0) is 72.6 Å². The molecule has 0 aliphatic heterocycles. The van der Waals surface area contributed by atoms with Crippen molar-refractivity contribution in [3.63, 3.8) is 0 Å². The lowest BCUT2D eigenvalue weighted by Gasteiger charge is -2.13. The molecule has 1 heterocycles. The van der Waals surface area contributed by atoms with Gasteiger partial charge in [0.15, 0.2) is 0 Å². The molecule has 0 saturated carbocycles. The Kier molecular flexibility index (Phi) is 7.50. The molecule has 8 nitrogen and oxygen atoms in total. The quantitative estimate of drug-likeness (QED) is 0.178. The minimum atomic E-state index is -0.550. The van der Waals surface area contributed by atoms with Crippen LogP contribution >= 0.6 is 0 Å². The molecule has 6 N–H and O–H groups in total. The average molecular weight is 496 g/mol. The van der Waals surface area contributed by atoms with Crippen LogP contribution in [0.2, 0.25) is 0 Å². The molecule has 4 rings (SSSR count). The van der Waals surface area contributed by atoms with Crippen LogP contribution in [0.5, 0.6) is 0 Å². The second kappa shape index (κ2) is 10.9. The molecule has 37 heavy (non-hydrogen) atoms. The Morgan fingerprint density at radius 1 is 1.00 bits per heavy atom. The third kappa shape index (κ3) is 5.29. The molecule has 3 aromatic carbocycles. The molecule has 1 aromatic heterocycles. The van der Waals surface area contributed by atoms with Crippen LogP contribution in [0, 0.1) is 6.92 Å². The van der Waals surface area contributed by atoms with Gasteiger partial charge in [0.1, 0.15) is 0 Å². The van der Waals surface area contributed by atoms with Crippen LogP contribution < -0.4 is 21.7 Å². The van der Waals surface area contributed by atoms with Crippen LogP contribution in [0.3, 0.4) is 0 Å². The highest BCUT2D eigenvalue weighted by Gasteiger charge is 2.18. The van der Waals surface area contributed by atoms with Crippen molar-refractivity contribution in [2.24, 2.45) is 5.73 Å². The fourth-order valence-corrected chi connectivity index (χ4v) is 4.29. The first-order valence-electron chi connectivity index (χ1n) is 11.9. The summed E-state index contributed by atoms with van der Waals surface area (Å²) in [5, 5.41) is 9.51. The summed E-state index contributed by atoms with van der Waals surface area (Å²) in [5.41, 5.74) is 12.0. The van der Waals surface area contributed by atoms with Gasteiger partial charge in [0.05, 0.1) is 11.1 Å². The number of carbonyl (C=O) groups is 3. The van der Waals surface area contributed by atoms with Crippen molar-refractivity contribution in [2.75, 3.05) is 25.5 Å². The lowest BCUT2D eigenvalue weighted by Crippen LogP contribution is -2.30. The van der Waals surface area contributed by atoms with Crippen molar-refractivity contribution in [1.82, 2.24) is 15.6 Å². The van der Waals surface area contributed by atoms with Gasteiger partial charge >= 0.3 is 0 Å². The smallest absolute Gasteiger partial charge is 0.251 e. The predicted octanol–water partition coefficient (Wildman–Crippen LogP) is 3.98. The number of hydrogen-bond acceptors (Lipinski definition) is 4. The van der Waals surface area contributed by atoms with Crippen molar-refractivity contribution in [3.05, 3.63) is 90.0 Å². The second-order valence-corrected chi connectivity index (χ2v) is 8.61. The van der Waals surface area contributed by atoms with Crippen molar-refractivity contribution >= 4 is 34.3 Å². The highest BCUT2D eigenvalue weighted by molar-refractivity contribution is 6.11. The summed E-state index contributed by atoms with van der Waals surface area (Å²) in [6, 6.07) is 18.4. The Morgan fingerprint density at radius 2 is 1.78 bits per heavy atom. The van der Waals surface area contributed by atoms with E-state index < -0.39 is 5.91 Å². The summed E-state index contributed by atoms with van der Waals surface area (Å²) in [4.78, 5) is 40.1. The van der Waals surface area contributed by atoms with Crippen LogP contribution in [0.15, 0.2) is 73.3 Å². The number of anilines is 1. The van der Waals surface area contributed by atoms with Crippen molar-refractivity contribution in [3.8, 4) is 22.4 Å². The van der Waals surface area contributed by atoms with E-state index >= 15 is 0 Å². The number of rotatable bonds is 9. The van der Waals surface area contributed by atoms with Crippen LogP contribution in [-0.4, -0.2) is 42.8 Å². The fraction of sp³-hybridized carbons (Fsp3) is 0.138. The summed E-state index contributed by atoms with van der Waals surface area (Å²) in [6.45, 7) is 6.62. The normalized spacial score (nSPS) is 10.8. The van der Waals surface area contributed by atoms with Crippen LogP contribution in [0.4, 0.5) is 5.69 Å². The largest absolute Gasteiger partial charge is 0.366 e. The lowest BCUT2D eigenvalue weighted by molar-refractivity contribution is -0.111. The standard InChI is InChI=1S/C29H29N5O3/c1-4-26(35)33-24-10-6-9-20(17(24)2)21-11-12-22(28(30)36)27-23(21)16-25(34-27)18-7-5-8-19(15-18)29(37)32-14-13-31-3/h4-12,15-16,31,34H,1,13-14H2,2-3H3,(H2,30,36)(H,32,37)(H,33,35). The number of aromatic amines is 1. The van der Waals surface area contributed by atoms with Gasteiger partial charge in [-0.15, -0.1) is 0 Å². The van der Waals surface area contributed by atoms with Crippen molar-refractivity contribution < 1.29 is 14.4 Å². The van der Waals surface area contributed by atoms with Crippen LogP contribution in [-0.2, 0) is 4.79 Å². The Balaban J connectivity index is 1.82. The highest BCUT2D eigenvalue weighted by Crippen LogP contribution is 2.37. The number of primary amides is 1. The van der Waals surface area contributed by atoms with Gasteiger partial charge < -0.3 is 26.7 Å². The molecule has 8 heteroatoms. The second-order valence-electron chi connectivity index (χ2n) is 8.61. The number of hydrogen-bond donors (Lipinski definition) is 5. The molecule has 0 spiro atoms. The minimum absolute atomic E-state index is 0.166. The third-order valence-electron chi connectivity index (χ3n) is 6.22. The number of likely N-dealkylation sites (N-methyl/N-ethyl adjacent to an activating group) is 1. The maximum atomic E-state index is 12.6. The van der Waals surface area contributed by atoms with Crippen LogP contribution in [0.25, 0.3) is 33.3 Å². The third-order valence-corrected chi connectivity index (χ3v) is 6.22. The van der Waals surface area contributed by atoms with Crippen LogP contribution in [0.1, 0.15) is 26.3 Å². The molecule has 0 saturated heterocycles. The van der Waals surface area contributed by atoms with E-state index in [-0.39, 0.29) is 11.8 Å². The van der Waals surface area contributed by atoms with E-state index in [4.69, 9.17) is 5.73 Å². The first kappa shape index (κ1) is 25.4. The number of nitrogens with one attached hydrogen (secondary N) is 4. The zero-order valence-electron chi connectivity index (χ0n) is 20.8. The van der Waals surface area contributed by atoms with E-state index in [1.54, 1.807) is 18.2 Å². The van der Waals surface area contributed by atoms with Gasteiger partial charge in [-0.2, -0.15) is 0 Å². The topological polar surface area (TPSA) is 129 Å². The lowest BCUT2D eigenvalue weighted by atomic mass is 9.94. The monoisotopic (exact) mass is 495 g/mol. The van der Waals surface area contributed by atoms with Crippen molar-refractivity contribution in [2.45, 2.75) is 6.92 Å². The number of carbonyl (C=O) groups excluding carboxylic acids is 3. The van der Waals surface area contributed by atoms with E-state index in [0.717, 1.165) is 33.3 Å². The molecule has 0 aliphatic rings. The average Bonchev–Trinajstić information content (AvgIpc) is 3.35. The van der Waals surface area contributed by atoms with E-state index in [1.165, 1.54) is 6.08 Å². The highest BCUT2D eigenvalue weighted by atomic mass is 16.2. The Hall–Kier alpha value is -4.69. The molecule has 3 amide bonds. The van der Waals surface area contributed by atoms with Crippen molar-refractivity contribution in [1.29, 1.82) is 0 Å². The molecule has 4 aromatic rings. The van der Waals surface area contributed by atoms with Gasteiger partial charge in [-0.25, -0.2) is 0 Å². The molecule has 0 aliphatic carbocycles. The van der Waals surface area contributed by atoms with Gasteiger partial charge in [0, 0.05) is 35.4 Å². The Morgan fingerprint density at radius 3 is 2.51 bits per heavy atom. The van der Waals surface area contributed by atoms with E-state index in [9.17, 15) is 14.4 Å². The summed E-state index contributed by atoms with van der Waals surface area (Å²) in [7, 11) is 1.83. The predicted molar refractivity (Wildman–Crippen MR) is 148 cm³/mol. The maximum absolute atomic E-state index is 12.6. The SMILES string of the molecule is C=CC(=O)Nc1cccc(-c2ccc(C(N)=O)c3[nH]c(-c4cccc(C(=O)NCCNC)c4)cc23)c1C. The molecule has 0 fully saturated rings. The first-order chi connectivity index (χ1) is 17.8.